The average Bonchev–Trinajstić information content (AvgIpc) is 2.84. The van der Waals surface area contributed by atoms with E-state index in [1.807, 2.05) is 13.0 Å². The molecule has 0 aliphatic carbocycles. The van der Waals surface area contributed by atoms with Crippen molar-refractivity contribution >= 4 is 0 Å². The van der Waals surface area contributed by atoms with E-state index in [0.29, 0.717) is 25.1 Å². The third-order valence-electron chi connectivity index (χ3n) is 4.17. The monoisotopic (exact) mass is 301 g/mol. The van der Waals surface area contributed by atoms with Gasteiger partial charge in [-0.2, -0.15) is 0 Å². The van der Waals surface area contributed by atoms with E-state index in [4.69, 9.17) is 0 Å². The first kappa shape index (κ1) is 15.1. The lowest BCUT2D eigenvalue weighted by Crippen LogP contribution is -2.22. The molecule has 1 aromatic heterocycles. The highest BCUT2D eigenvalue weighted by atomic mass is 19.1. The van der Waals surface area contributed by atoms with Crippen LogP contribution in [0.1, 0.15) is 16.8 Å². The fraction of sp³-hybridized carbons (Fsp3) is 0.412. The van der Waals surface area contributed by atoms with Crippen LogP contribution >= 0.6 is 0 Å². The van der Waals surface area contributed by atoms with Gasteiger partial charge in [0.1, 0.15) is 5.82 Å². The molecule has 5 heteroatoms. The van der Waals surface area contributed by atoms with Gasteiger partial charge in [-0.3, -0.25) is 14.9 Å². The molecule has 3 rings (SSSR count). The van der Waals surface area contributed by atoms with Gasteiger partial charge in [0.25, 0.3) is 0 Å². The third kappa shape index (κ3) is 3.48. The van der Waals surface area contributed by atoms with Crippen LogP contribution in [0.5, 0.6) is 0 Å². The predicted molar refractivity (Wildman–Crippen MR) is 81.6 cm³/mol. The van der Waals surface area contributed by atoms with Crippen LogP contribution in [0.15, 0.2) is 36.8 Å². The Bertz CT molecular complexity index is 635. The molecule has 1 fully saturated rings. The molecule has 116 valence electrons. The second kappa shape index (κ2) is 6.50. The lowest BCUT2D eigenvalue weighted by Gasteiger charge is -2.16. The number of aliphatic hydroxyl groups is 1. The Balaban J connectivity index is 1.64. The number of β-amino-alcohol motifs (C(OH)–C–C–N with tert-alkyl or cyclic N) is 1. The van der Waals surface area contributed by atoms with Gasteiger partial charge >= 0.3 is 0 Å². The summed E-state index contributed by atoms with van der Waals surface area (Å²) in [5, 5.41) is 10.2. The van der Waals surface area contributed by atoms with Gasteiger partial charge in [-0.05, 0) is 19.4 Å². The molecule has 22 heavy (non-hydrogen) atoms. The van der Waals surface area contributed by atoms with Gasteiger partial charge in [-0.15, -0.1) is 0 Å². The number of benzene rings is 1. The number of nitrogens with zero attached hydrogens (tertiary/aromatic N) is 3. The number of rotatable bonds is 4. The fourth-order valence-corrected chi connectivity index (χ4v) is 3.04. The van der Waals surface area contributed by atoms with Crippen LogP contribution in [0, 0.1) is 18.7 Å². The van der Waals surface area contributed by atoms with Crippen LogP contribution in [0.25, 0.3) is 0 Å². The van der Waals surface area contributed by atoms with Crippen LogP contribution in [0.3, 0.4) is 0 Å². The Hall–Kier alpha value is -1.85. The van der Waals surface area contributed by atoms with Gasteiger partial charge in [0.05, 0.1) is 11.8 Å². The van der Waals surface area contributed by atoms with E-state index >= 15 is 0 Å². The van der Waals surface area contributed by atoms with Crippen molar-refractivity contribution in [3.63, 3.8) is 0 Å². The second-order valence-electron chi connectivity index (χ2n) is 6.02. The summed E-state index contributed by atoms with van der Waals surface area (Å²) >= 11 is 0. The summed E-state index contributed by atoms with van der Waals surface area (Å²) in [5.74, 6) is -0.0676. The maximum absolute atomic E-state index is 13.9. The molecule has 1 aliphatic heterocycles. The number of aliphatic hydroxyl groups excluding tert-OH is 1. The lowest BCUT2D eigenvalue weighted by molar-refractivity contribution is 0.140. The number of hydrogen-bond acceptors (Lipinski definition) is 4. The maximum atomic E-state index is 13.9. The minimum atomic E-state index is -0.408. The minimum absolute atomic E-state index is 0.115. The van der Waals surface area contributed by atoms with Crippen molar-refractivity contribution in [1.29, 1.82) is 0 Å². The summed E-state index contributed by atoms with van der Waals surface area (Å²) in [6.45, 7) is 3.80. The zero-order chi connectivity index (χ0) is 15.5. The smallest absolute Gasteiger partial charge is 0.127 e. The van der Waals surface area contributed by atoms with Gasteiger partial charge in [0, 0.05) is 49.7 Å². The Morgan fingerprint density at radius 2 is 2.18 bits per heavy atom. The number of aryl methyl sites for hydroxylation is 1. The van der Waals surface area contributed by atoms with E-state index in [1.54, 1.807) is 24.7 Å². The SMILES string of the molecule is Cc1ccc(F)c(CN2C[C@@H](Cc3cnccn3)[C@H](O)C2)c1. The van der Waals surface area contributed by atoms with E-state index in [-0.39, 0.29) is 11.7 Å². The normalized spacial score (nSPS) is 22.1. The van der Waals surface area contributed by atoms with Crippen LogP contribution < -0.4 is 0 Å². The van der Waals surface area contributed by atoms with E-state index in [9.17, 15) is 9.50 Å². The molecule has 2 aromatic rings. The van der Waals surface area contributed by atoms with Crippen molar-refractivity contribution in [3.8, 4) is 0 Å². The largest absolute Gasteiger partial charge is 0.391 e. The van der Waals surface area contributed by atoms with Crippen molar-refractivity contribution < 1.29 is 9.50 Å². The average molecular weight is 301 g/mol. The van der Waals surface area contributed by atoms with E-state index < -0.39 is 6.10 Å². The summed E-state index contributed by atoms with van der Waals surface area (Å²) in [6, 6.07) is 5.15. The second-order valence-corrected chi connectivity index (χ2v) is 6.02. The van der Waals surface area contributed by atoms with E-state index in [2.05, 4.69) is 14.9 Å². The van der Waals surface area contributed by atoms with Crippen molar-refractivity contribution in [2.75, 3.05) is 13.1 Å². The van der Waals surface area contributed by atoms with E-state index in [1.165, 1.54) is 6.07 Å². The summed E-state index contributed by atoms with van der Waals surface area (Å²) < 4.78 is 13.9. The molecule has 2 heterocycles. The van der Waals surface area contributed by atoms with Crippen LogP contribution in [-0.4, -0.2) is 39.2 Å². The summed E-state index contributed by atoms with van der Waals surface area (Å²) in [4.78, 5) is 10.4. The highest BCUT2D eigenvalue weighted by Gasteiger charge is 2.31. The highest BCUT2D eigenvalue weighted by molar-refractivity contribution is 5.24. The first-order valence-electron chi connectivity index (χ1n) is 7.52. The Labute approximate surface area is 129 Å². The van der Waals surface area contributed by atoms with Crippen molar-refractivity contribution in [2.24, 2.45) is 5.92 Å². The lowest BCUT2D eigenvalue weighted by atomic mass is 10.0. The fourth-order valence-electron chi connectivity index (χ4n) is 3.04. The Morgan fingerprint density at radius 1 is 1.32 bits per heavy atom. The molecule has 0 bridgehead atoms. The molecule has 0 saturated carbocycles. The number of likely N-dealkylation sites (tertiary alicyclic amines) is 1. The molecular formula is C17H20FN3O. The molecule has 4 nitrogen and oxygen atoms in total. The maximum Gasteiger partial charge on any atom is 0.127 e. The summed E-state index contributed by atoms with van der Waals surface area (Å²) in [5.41, 5.74) is 2.62. The van der Waals surface area contributed by atoms with Crippen LogP contribution in [0.2, 0.25) is 0 Å². The molecule has 0 spiro atoms. The van der Waals surface area contributed by atoms with Gasteiger partial charge in [-0.1, -0.05) is 17.7 Å². The standard InChI is InChI=1S/C17H20FN3O/c1-12-2-3-16(18)13(6-12)9-21-10-14(17(22)11-21)7-15-8-19-4-5-20-15/h2-6,8,14,17,22H,7,9-11H2,1H3/t14-,17-/m1/s1. The quantitative estimate of drug-likeness (QED) is 0.938. The number of halogens is 1. The molecule has 0 radical (unpaired) electrons. The van der Waals surface area contributed by atoms with Gasteiger partial charge in [0.15, 0.2) is 0 Å². The highest BCUT2D eigenvalue weighted by Crippen LogP contribution is 2.23. The van der Waals surface area contributed by atoms with Gasteiger partial charge < -0.3 is 5.11 Å². The zero-order valence-electron chi connectivity index (χ0n) is 12.6. The molecule has 0 amide bonds. The number of aromatic nitrogens is 2. The molecular weight excluding hydrogens is 281 g/mol. The van der Waals surface area contributed by atoms with E-state index in [0.717, 1.165) is 17.8 Å². The van der Waals surface area contributed by atoms with Gasteiger partial charge in [-0.25, -0.2) is 4.39 Å². The molecule has 2 atom stereocenters. The topological polar surface area (TPSA) is 49.2 Å². The van der Waals surface area contributed by atoms with Crippen molar-refractivity contribution in [2.45, 2.75) is 26.0 Å². The molecule has 1 aliphatic rings. The first-order chi connectivity index (χ1) is 10.6. The molecule has 0 unspecified atom stereocenters. The Morgan fingerprint density at radius 3 is 2.95 bits per heavy atom. The first-order valence-corrected chi connectivity index (χ1v) is 7.52. The molecule has 1 saturated heterocycles. The van der Waals surface area contributed by atoms with Crippen molar-refractivity contribution in [3.05, 3.63) is 59.4 Å². The summed E-state index contributed by atoms with van der Waals surface area (Å²) in [6.07, 6.45) is 5.32. The predicted octanol–water partition coefficient (Wildman–Crippen LogP) is 1.96. The Kier molecular flexibility index (Phi) is 4.45. The zero-order valence-corrected chi connectivity index (χ0v) is 12.6. The van der Waals surface area contributed by atoms with Gasteiger partial charge in [0.2, 0.25) is 0 Å². The van der Waals surface area contributed by atoms with Crippen molar-refractivity contribution in [1.82, 2.24) is 14.9 Å². The minimum Gasteiger partial charge on any atom is -0.391 e. The summed E-state index contributed by atoms with van der Waals surface area (Å²) in [7, 11) is 0. The third-order valence-corrected chi connectivity index (χ3v) is 4.17. The van der Waals surface area contributed by atoms with Crippen LogP contribution in [0.4, 0.5) is 4.39 Å². The number of hydrogen-bond donors (Lipinski definition) is 1. The molecule has 1 N–H and O–H groups in total. The van der Waals surface area contributed by atoms with Crippen LogP contribution in [-0.2, 0) is 13.0 Å². The molecule has 1 aromatic carbocycles.